The van der Waals surface area contributed by atoms with Gasteiger partial charge in [-0.1, -0.05) is 12.1 Å². The van der Waals surface area contributed by atoms with E-state index in [1.807, 2.05) is 0 Å². The van der Waals surface area contributed by atoms with Gasteiger partial charge < -0.3 is 10.6 Å². The number of rotatable bonds is 5. The van der Waals surface area contributed by atoms with E-state index in [0.717, 1.165) is 31.6 Å². The number of hydrogen-bond acceptors (Lipinski definition) is 6. The summed E-state index contributed by atoms with van der Waals surface area (Å²) in [6.45, 7) is 1.79. The van der Waals surface area contributed by atoms with Crippen molar-refractivity contribution in [1.82, 2.24) is 5.43 Å². The first-order valence-corrected chi connectivity index (χ1v) is 8.77. The average Bonchev–Trinajstić information content (AvgIpc) is 2.68. The van der Waals surface area contributed by atoms with Crippen molar-refractivity contribution in [3.8, 4) is 0 Å². The van der Waals surface area contributed by atoms with Crippen LogP contribution in [0.4, 0.5) is 17.1 Å². The van der Waals surface area contributed by atoms with Gasteiger partial charge in [0.1, 0.15) is 0 Å². The van der Waals surface area contributed by atoms with E-state index in [9.17, 15) is 14.9 Å². The van der Waals surface area contributed by atoms with Crippen LogP contribution in [0.1, 0.15) is 35.2 Å². The van der Waals surface area contributed by atoms with E-state index in [4.69, 9.17) is 5.73 Å². The van der Waals surface area contributed by atoms with Crippen molar-refractivity contribution in [2.24, 2.45) is 5.10 Å². The van der Waals surface area contributed by atoms with Gasteiger partial charge in [-0.3, -0.25) is 14.9 Å². The maximum atomic E-state index is 12.2. The summed E-state index contributed by atoms with van der Waals surface area (Å²) in [6, 6.07) is 11.4. The van der Waals surface area contributed by atoms with E-state index in [0.29, 0.717) is 16.8 Å². The number of nitro groups is 1. The molecule has 0 aliphatic carbocycles. The van der Waals surface area contributed by atoms with Gasteiger partial charge >= 0.3 is 0 Å². The number of carbonyl (C=O) groups excluding carboxylic acids is 1. The highest BCUT2D eigenvalue weighted by Crippen LogP contribution is 2.27. The Bertz CT molecular complexity index is 875. The number of nitrogens with one attached hydrogen (secondary N) is 1. The minimum atomic E-state index is -0.444. The normalized spacial score (nSPS) is 14.3. The van der Waals surface area contributed by atoms with Gasteiger partial charge in [0.15, 0.2) is 0 Å². The lowest BCUT2D eigenvalue weighted by molar-refractivity contribution is -0.384. The van der Waals surface area contributed by atoms with Gasteiger partial charge in [-0.15, -0.1) is 0 Å². The summed E-state index contributed by atoms with van der Waals surface area (Å²) in [6.07, 6.45) is 4.78. The number of nitrogen functional groups attached to an aromatic ring is 1. The van der Waals surface area contributed by atoms with Gasteiger partial charge in [-0.05, 0) is 37.5 Å². The van der Waals surface area contributed by atoms with Gasteiger partial charge in [0, 0.05) is 42.2 Å². The van der Waals surface area contributed by atoms with Crippen LogP contribution < -0.4 is 16.1 Å². The number of para-hydroxylation sites is 1. The predicted octanol–water partition coefficient (Wildman–Crippen LogP) is 2.93. The van der Waals surface area contributed by atoms with Gasteiger partial charge in [0.2, 0.25) is 0 Å². The van der Waals surface area contributed by atoms with E-state index in [-0.39, 0.29) is 5.69 Å². The summed E-state index contributed by atoms with van der Waals surface area (Å²) >= 11 is 0. The molecule has 0 aromatic heterocycles. The molecule has 0 bridgehead atoms. The average molecular weight is 367 g/mol. The molecule has 3 rings (SSSR count). The lowest BCUT2D eigenvalue weighted by Gasteiger charge is -2.29. The molecule has 3 N–H and O–H groups in total. The predicted molar refractivity (Wildman–Crippen MR) is 105 cm³/mol. The number of hydrogen-bond donors (Lipinski definition) is 2. The van der Waals surface area contributed by atoms with Crippen molar-refractivity contribution in [3.05, 3.63) is 63.7 Å². The molecule has 2 aromatic carbocycles. The molecule has 0 radical (unpaired) electrons. The fourth-order valence-electron chi connectivity index (χ4n) is 3.11. The quantitative estimate of drug-likeness (QED) is 0.365. The van der Waals surface area contributed by atoms with Crippen molar-refractivity contribution in [1.29, 1.82) is 0 Å². The van der Waals surface area contributed by atoms with E-state index < -0.39 is 10.8 Å². The molecule has 1 saturated heterocycles. The number of carbonyl (C=O) groups is 1. The number of anilines is 2. The summed E-state index contributed by atoms with van der Waals surface area (Å²) in [5, 5.41) is 15.1. The molecular weight excluding hydrogens is 346 g/mol. The van der Waals surface area contributed by atoms with Crippen molar-refractivity contribution in [3.63, 3.8) is 0 Å². The third-order valence-corrected chi connectivity index (χ3v) is 4.49. The highest BCUT2D eigenvalue weighted by atomic mass is 16.6. The maximum Gasteiger partial charge on any atom is 0.273 e. The molecule has 0 saturated carbocycles. The second-order valence-corrected chi connectivity index (χ2v) is 6.33. The Balaban J connectivity index is 1.82. The van der Waals surface area contributed by atoms with Gasteiger partial charge in [0.25, 0.3) is 11.6 Å². The van der Waals surface area contributed by atoms with Crippen LogP contribution in [0.15, 0.2) is 47.6 Å². The van der Waals surface area contributed by atoms with Crippen LogP contribution in [-0.2, 0) is 0 Å². The Morgan fingerprint density at radius 3 is 2.63 bits per heavy atom. The Morgan fingerprint density at radius 1 is 1.19 bits per heavy atom. The van der Waals surface area contributed by atoms with Crippen LogP contribution in [0.3, 0.4) is 0 Å². The number of nitrogens with two attached hydrogens (primary N) is 1. The van der Waals surface area contributed by atoms with Crippen molar-refractivity contribution < 1.29 is 9.72 Å². The second-order valence-electron chi connectivity index (χ2n) is 6.33. The first kappa shape index (κ1) is 18.4. The fraction of sp³-hybridized carbons (Fsp3) is 0.263. The van der Waals surface area contributed by atoms with E-state index in [1.54, 1.807) is 30.3 Å². The smallest absolute Gasteiger partial charge is 0.273 e. The molecule has 1 aliphatic rings. The summed E-state index contributed by atoms with van der Waals surface area (Å²) in [5.41, 5.74) is 10.3. The topological polar surface area (TPSA) is 114 Å². The molecule has 8 heteroatoms. The number of piperidine rings is 1. The van der Waals surface area contributed by atoms with Crippen molar-refractivity contribution in [2.75, 3.05) is 23.7 Å². The van der Waals surface area contributed by atoms with Crippen LogP contribution in [0.2, 0.25) is 0 Å². The van der Waals surface area contributed by atoms with Crippen molar-refractivity contribution >= 4 is 29.2 Å². The molecule has 2 aromatic rings. The molecule has 1 fully saturated rings. The Morgan fingerprint density at radius 2 is 1.93 bits per heavy atom. The summed E-state index contributed by atoms with van der Waals surface area (Å²) in [5.74, 6) is -0.436. The number of amides is 1. The number of hydrazone groups is 1. The van der Waals surface area contributed by atoms with Crippen LogP contribution >= 0.6 is 0 Å². The molecule has 8 nitrogen and oxygen atoms in total. The van der Waals surface area contributed by atoms with E-state index >= 15 is 0 Å². The number of nitro benzene ring substituents is 1. The molecule has 140 valence electrons. The lowest BCUT2D eigenvalue weighted by Crippen LogP contribution is -2.30. The Hall–Kier alpha value is -3.42. The molecule has 1 heterocycles. The second kappa shape index (κ2) is 8.31. The van der Waals surface area contributed by atoms with Gasteiger partial charge in [-0.25, -0.2) is 5.43 Å². The summed E-state index contributed by atoms with van der Waals surface area (Å²) < 4.78 is 0. The van der Waals surface area contributed by atoms with E-state index in [2.05, 4.69) is 15.4 Å². The molecular formula is C19H21N5O3. The van der Waals surface area contributed by atoms with E-state index in [1.165, 1.54) is 24.8 Å². The highest BCUT2D eigenvalue weighted by Gasteiger charge is 2.17. The third kappa shape index (κ3) is 4.41. The monoisotopic (exact) mass is 367 g/mol. The van der Waals surface area contributed by atoms with Crippen LogP contribution in [-0.4, -0.2) is 30.1 Å². The zero-order chi connectivity index (χ0) is 19.2. The number of non-ortho nitro benzene ring substituents is 1. The van der Waals surface area contributed by atoms with Gasteiger partial charge in [-0.2, -0.15) is 5.10 Å². The van der Waals surface area contributed by atoms with Crippen molar-refractivity contribution in [2.45, 2.75) is 19.3 Å². The van der Waals surface area contributed by atoms with Gasteiger partial charge in [0.05, 0.1) is 16.7 Å². The zero-order valence-corrected chi connectivity index (χ0v) is 14.8. The van der Waals surface area contributed by atoms with Crippen LogP contribution in [0.5, 0.6) is 0 Å². The third-order valence-electron chi connectivity index (χ3n) is 4.49. The SMILES string of the molecule is Nc1ccccc1C(=O)N/N=C/c1cc([N+](=O)[O-])ccc1N1CCCCC1. The Kier molecular flexibility index (Phi) is 5.65. The first-order chi connectivity index (χ1) is 13.1. The fourth-order valence-corrected chi connectivity index (χ4v) is 3.11. The largest absolute Gasteiger partial charge is 0.398 e. The highest BCUT2D eigenvalue weighted by molar-refractivity contribution is 5.99. The summed E-state index contributed by atoms with van der Waals surface area (Å²) in [7, 11) is 0. The van der Waals surface area contributed by atoms with Crippen LogP contribution in [0, 0.1) is 10.1 Å². The number of benzene rings is 2. The molecule has 27 heavy (non-hydrogen) atoms. The minimum absolute atomic E-state index is 0.0177. The van der Waals surface area contributed by atoms with Crippen LogP contribution in [0.25, 0.3) is 0 Å². The summed E-state index contributed by atoms with van der Waals surface area (Å²) in [4.78, 5) is 25.0. The molecule has 1 amide bonds. The minimum Gasteiger partial charge on any atom is -0.398 e. The lowest BCUT2D eigenvalue weighted by atomic mass is 10.1. The molecule has 1 aliphatic heterocycles. The number of nitrogens with zero attached hydrogens (tertiary/aromatic N) is 3. The Labute approximate surface area is 156 Å². The molecule has 0 unspecified atom stereocenters. The standard InChI is InChI=1S/C19H21N5O3/c20-17-7-3-2-6-16(17)19(25)22-21-13-14-12-15(24(26)27)8-9-18(14)23-10-4-1-5-11-23/h2-3,6-9,12-13H,1,4-5,10-11,20H2,(H,22,25)/b21-13+. The molecule has 0 atom stereocenters. The zero-order valence-electron chi connectivity index (χ0n) is 14.8. The first-order valence-electron chi connectivity index (χ1n) is 8.77. The molecule has 0 spiro atoms. The maximum absolute atomic E-state index is 12.2.